The van der Waals surface area contributed by atoms with Crippen LogP contribution in [0.25, 0.3) is 0 Å². The van der Waals surface area contributed by atoms with Gasteiger partial charge in [-0.15, -0.1) is 11.3 Å². The van der Waals surface area contributed by atoms with Crippen LogP contribution in [0.2, 0.25) is 0 Å². The van der Waals surface area contributed by atoms with E-state index in [9.17, 15) is 0 Å². The molecule has 0 radical (unpaired) electrons. The van der Waals surface area contributed by atoms with Gasteiger partial charge in [-0.3, -0.25) is 4.90 Å². The first-order chi connectivity index (χ1) is 7.72. The summed E-state index contributed by atoms with van der Waals surface area (Å²) in [6.07, 6.45) is 2.71. The second-order valence-corrected chi connectivity index (χ2v) is 6.07. The summed E-state index contributed by atoms with van der Waals surface area (Å²) in [5, 5.41) is 2.15. The van der Waals surface area contributed by atoms with Crippen molar-refractivity contribution in [2.24, 2.45) is 11.7 Å². The predicted molar refractivity (Wildman–Crippen MR) is 70.7 cm³/mol. The van der Waals surface area contributed by atoms with Crippen molar-refractivity contribution in [2.45, 2.75) is 38.8 Å². The Kier molecular flexibility index (Phi) is 4.00. The summed E-state index contributed by atoms with van der Waals surface area (Å²) in [6, 6.07) is 5.58. The Morgan fingerprint density at radius 2 is 2.25 bits per heavy atom. The van der Waals surface area contributed by atoms with Crippen molar-refractivity contribution in [1.29, 1.82) is 0 Å². The molecule has 2 nitrogen and oxygen atoms in total. The van der Waals surface area contributed by atoms with Crippen LogP contribution in [-0.2, 0) is 0 Å². The topological polar surface area (TPSA) is 29.3 Å². The molecule has 1 unspecified atom stereocenters. The van der Waals surface area contributed by atoms with Gasteiger partial charge in [0.2, 0.25) is 0 Å². The van der Waals surface area contributed by atoms with Gasteiger partial charge in [0.15, 0.2) is 0 Å². The number of hydrogen-bond acceptors (Lipinski definition) is 3. The van der Waals surface area contributed by atoms with Crippen LogP contribution in [0, 0.1) is 5.92 Å². The third kappa shape index (κ3) is 2.84. The maximum Gasteiger partial charge on any atom is 0.0566 e. The van der Waals surface area contributed by atoms with Crippen LogP contribution in [-0.4, -0.2) is 24.0 Å². The molecule has 3 heteroatoms. The quantitative estimate of drug-likeness (QED) is 0.825. The van der Waals surface area contributed by atoms with Gasteiger partial charge in [-0.25, -0.2) is 0 Å². The van der Waals surface area contributed by atoms with E-state index < -0.39 is 0 Å². The van der Waals surface area contributed by atoms with E-state index in [-0.39, 0.29) is 0 Å². The van der Waals surface area contributed by atoms with E-state index in [1.54, 1.807) is 0 Å². The lowest BCUT2D eigenvalue weighted by molar-refractivity contribution is 0.172. The first kappa shape index (κ1) is 12.1. The highest BCUT2D eigenvalue weighted by Gasteiger charge is 2.34. The third-order valence-electron chi connectivity index (χ3n) is 3.09. The summed E-state index contributed by atoms with van der Waals surface area (Å²) >= 11 is 1.83. The SMILES string of the molecule is CC(C)CN(C1CC1)C(CN)c1cccs1. The molecule has 16 heavy (non-hydrogen) atoms. The van der Waals surface area contributed by atoms with Crippen LogP contribution in [0.3, 0.4) is 0 Å². The minimum absolute atomic E-state index is 0.440. The van der Waals surface area contributed by atoms with Gasteiger partial charge in [-0.2, -0.15) is 0 Å². The molecule has 90 valence electrons. The predicted octanol–water partition coefficient (Wildman–Crippen LogP) is 2.87. The second-order valence-electron chi connectivity index (χ2n) is 5.09. The highest BCUT2D eigenvalue weighted by molar-refractivity contribution is 7.10. The van der Waals surface area contributed by atoms with Crippen LogP contribution in [0.4, 0.5) is 0 Å². The Hall–Kier alpha value is -0.380. The van der Waals surface area contributed by atoms with Crippen LogP contribution in [0.15, 0.2) is 17.5 Å². The molecule has 0 aliphatic heterocycles. The fourth-order valence-corrected chi connectivity index (χ4v) is 3.11. The van der Waals surface area contributed by atoms with Crippen LogP contribution >= 0.6 is 11.3 Å². The molecule has 0 bridgehead atoms. The van der Waals surface area contributed by atoms with E-state index in [1.807, 2.05) is 11.3 Å². The standard InChI is InChI=1S/C13H22N2S/c1-10(2)9-15(11-5-6-11)12(8-14)13-4-3-7-16-13/h3-4,7,10-12H,5-6,8-9,14H2,1-2H3. The van der Waals surface area contributed by atoms with Crippen molar-refractivity contribution in [2.75, 3.05) is 13.1 Å². The summed E-state index contributed by atoms with van der Waals surface area (Å²) in [5.74, 6) is 0.717. The Bertz CT molecular complexity index is 304. The van der Waals surface area contributed by atoms with E-state index >= 15 is 0 Å². The highest BCUT2D eigenvalue weighted by atomic mass is 32.1. The fourth-order valence-electron chi connectivity index (χ4n) is 2.25. The maximum atomic E-state index is 5.97. The fraction of sp³-hybridized carbons (Fsp3) is 0.692. The minimum Gasteiger partial charge on any atom is -0.329 e. The molecule has 1 fully saturated rings. The highest BCUT2D eigenvalue weighted by Crippen LogP contribution is 2.35. The largest absolute Gasteiger partial charge is 0.329 e. The van der Waals surface area contributed by atoms with Crippen molar-refractivity contribution in [3.8, 4) is 0 Å². The van der Waals surface area contributed by atoms with E-state index in [0.29, 0.717) is 6.04 Å². The molecule has 0 spiro atoms. The molecule has 1 heterocycles. The molecule has 1 atom stereocenters. The number of nitrogens with two attached hydrogens (primary N) is 1. The average molecular weight is 238 g/mol. The van der Waals surface area contributed by atoms with Crippen molar-refractivity contribution in [3.63, 3.8) is 0 Å². The summed E-state index contributed by atoms with van der Waals surface area (Å²) in [5.41, 5.74) is 5.97. The van der Waals surface area contributed by atoms with E-state index in [1.165, 1.54) is 24.3 Å². The summed E-state index contributed by atoms with van der Waals surface area (Å²) in [7, 11) is 0. The second kappa shape index (κ2) is 5.30. The van der Waals surface area contributed by atoms with Gasteiger partial charge >= 0.3 is 0 Å². The molecular weight excluding hydrogens is 216 g/mol. The number of thiophene rings is 1. The Balaban J connectivity index is 2.10. The van der Waals surface area contributed by atoms with E-state index in [4.69, 9.17) is 5.73 Å². The molecule has 0 amide bonds. The van der Waals surface area contributed by atoms with Gasteiger partial charge in [0.05, 0.1) is 6.04 Å². The van der Waals surface area contributed by atoms with Gasteiger partial charge in [-0.1, -0.05) is 19.9 Å². The van der Waals surface area contributed by atoms with Crippen LogP contribution < -0.4 is 5.73 Å². The lowest BCUT2D eigenvalue weighted by atomic mass is 10.1. The van der Waals surface area contributed by atoms with Gasteiger partial charge < -0.3 is 5.73 Å². The third-order valence-corrected chi connectivity index (χ3v) is 4.06. The molecule has 2 N–H and O–H groups in total. The number of hydrogen-bond donors (Lipinski definition) is 1. The molecule has 1 saturated carbocycles. The summed E-state index contributed by atoms with van der Waals surface area (Å²) < 4.78 is 0. The van der Waals surface area contributed by atoms with Crippen molar-refractivity contribution >= 4 is 11.3 Å². The van der Waals surface area contributed by atoms with Gasteiger partial charge in [0.1, 0.15) is 0 Å². The molecule has 1 aliphatic carbocycles. The Morgan fingerprint density at radius 1 is 1.50 bits per heavy atom. The number of rotatable bonds is 6. The van der Waals surface area contributed by atoms with Crippen molar-refractivity contribution in [3.05, 3.63) is 22.4 Å². The van der Waals surface area contributed by atoms with E-state index in [2.05, 4.69) is 36.3 Å². The first-order valence-electron chi connectivity index (χ1n) is 6.21. The molecule has 1 aliphatic rings. The zero-order valence-electron chi connectivity index (χ0n) is 10.2. The normalized spacial score (nSPS) is 18.3. The minimum atomic E-state index is 0.440. The lowest BCUT2D eigenvalue weighted by Gasteiger charge is -2.31. The van der Waals surface area contributed by atoms with E-state index in [0.717, 1.165) is 18.5 Å². The van der Waals surface area contributed by atoms with Gasteiger partial charge in [-0.05, 0) is 30.2 Å². The molecule has 0 saturated heterocycles. The first-order valence-corrected chi connectivity index (χ1v) is 7.09. The zero-order valence-corrected chi connectivity index (χ0v) is 11.0. The Labute approximate surface area is 102 Å². The number of nitrogens with zero attached hydrogens (tertiary/aromatic N) is 1. The summed E-state index contributed by atoms with van der Waals surface area (Å²) in [4.78, 5) is 4.05. The molecule has 0 aromatic carbocycles. The van der Waals surface area contributed by atoms with Gasteiger partial charge in [0.25, 0.3) is 0 Å². The van der Waals surface area contributed by atoms with Crippen LogP contribution in [0.1, 0.15) is 37.6 Å². The lowest BCUT2D eigenvalue weighted by Crippen LogP contribution is -2.37. The molecule has 2 rings (SSSR count). The zero-order chi connectivity index (χ0) is 11.5. The van der Waals surface area contributed by atoms with Gasteiger partial charge in [0, 0.05) is 24.0 Å². The monoisotopic (exact) mass is 238 g/mol. The van der Waals surface area contributed by atoms with Crippen LogP contribution in [0.5, 0.6) is 0 Å². The summed E-state index contributed by atoms with van der Waals surface area (Å²) in [6.45, 7) is 6.49. The smallest absolute Gasteiger partial charge is 0.0566 e. The molecule has 1 aromatic rings. The van der Waals surface area contributed by atoms with Crippen molar-refractivity contribution < 1.29 is 0 Å². The van der Waals surface area contributed by atoms with Crippen molar-refractivity contribution in [1.82, 2.24) is 4.90 Å². The molecule has 1 aromatic heterocycles. The molecular formula is C13H22N2S. The average Bonchev–Trinajstić information content (AvgIpc) is 2.95. The Morgan fingerprint density at radius 3 is 2.69 bits per heavy atom. The maximum absolute atomic E-state index is 5.97.